The Balaban J connectivity index is 2.16. The molecule has 0 bridgehead atoms. The van der Waals surface area contributed by atoms with Gasteiger partial charge in [0, 0.05) is 17.3 Å². The molecule has 2 nitrogen and oxygen atoms in total. The molecule has 0 radical (unpaired) electrons. The molecule has 0 spiro atoms. The van der Waals surface area contributed by atoms with Gasteiger partial charge in [0.2, 0.25) is 0 Å². The second-order valence-corrected chi connectivity index (χ2v) is 6.14. The lowest BCUT2D eigenvalue weighted by Crippen LogP contribution is -2.26. The number of thiazole rings is 1. The third-order valence-electron chi connectivity index (χ3n) is 2.49. The summed E-state index contributed by atoms with van der Waals surface area (Å²) in [5.74, 6) is 0. The first-order valence-corrected chi connectivity index (χ1v) is 6.06. The third-order valence-corrected chi connectivity index (χ3v) is 3.86. The quantitative estimate of drug-likeness (QED) is 0.831. The molecule has 0 aliphatic heterocycles. The molecule has 0 N–H and O–H groups in total. The molecule has 0 aromatic carbocycles. The smallest absolute Gasteiger partial charge is 0.159 e. The van der Waals surface area contributed by atoms with E-state index in [-0.39, 0.29) is 0 Å². The molecular formula is C9H13BrN2S. The van der Waals surface area contributed by atoms with Gasteiger partial charge in [0.05, 0.1) is 5.69 Å². The van der Waals surface area contributed by atoms with Crippen LogP contribution in [-0.4, -0.2) is 30.5 Å². The van der Waals surface area contributed by atoms with Gasteiger partial charge in [-0.15, -0.1) is 11.3 Å². The maximum atomic E-state index is 4.51. The summed E-state index contributed by atoms with van der Waals surface area (Å²) in [4.78, 5) is 6.76. The van der Waals surface area contributed by atoms with E-state index in [4.69, 9.17) is 0 Å². The highest BCUT2D eigenvalue weighted by Gasteiger charge is 2.46. The van der Waals surface area contributed by atoms with Crippen molar-refractivity contribution in [1.29, 1.82) is 0 Å². The van der Waals surface area contributed by atoms with E-state index in [0.717, 1.165) is 10.5 Å². The first-order valence-electron chi connectivity index (χ1n) is 4.39. The summed E-state index contributed by atoms with van der Waals surface area (Å²) in [5, 5.41) is 2.18. The Morgan fingerprint density at radius 3 is 2.69 bits per heavy atom. The Morgan fingerprint density at radius 2 is 2.31 bits per heavy atom. The molecule has 1 aliphatic rings. The summed E-state index contributed by atoms with van der Waals surface area (Å²) in [6.07, 6.45) is 2.59. The van der Waals surface area contributed by atoms with Gasteiger partial charge < -0.3 is 4.90 Å². The monoisotopic (exact) mass is 260 g/mol. The van der Waals surface area contributed by atoms with E-state index in [9.17, 15) is 0 Å². The van der Waals surface area contributed by atoms with Crippen molar-refractivity contribution in [3.05, 3.63) is 15.0 Å². The molecule has 0 unspecified atom stereocenters. The largest absolute Gasteiger partial charge is 0.308 e. The SMILES string of the molecule is CN(C)CC1(c2csc(Br)n2)CC1. The minimum atomic E-state index is 0.381. The highest BCUT2D eigenvalue weighted by Crippen LogP contribution is 2.48. The molecule has 72 valence electrons. The average molecular weight is 261 g/mol. The van der Waals surface area contributed by atoms with Crippen molar-refractivity contribution < 1.29 is 0 Å². The van der Waals surface area contributed by atoms with Crippen LogP contribution in [0.4, 0.5) is 0 Å². The van der Waals surface area contributed by atoms with Crippen LogP contribution in [0.3, 0.4) is 0 Å². The maximum absolute atomic E-state index is 4.51. The van der Waals surface area contributed by atoms with E-state index in [0.29, 0.717) is 5.41 Å². The fraction of sp³-hybridized carbons (Fsp3) is 0.667. The van der Waals surface area contributed by atoms with E-state index in [1.807, 2.05) is 0 Å². The lowest BCUT2D eigenvalue weighted by molar-refractivity contribution is 0.359. The molecule has 1 saturated carbocycles. The van der Waals surface area contributed by atoms with Crippen LogP contribution in [0, 0.1) is 0 Å². The molecule has 2 rings (SSSR count). The van der Waals surface area contributed by atoms with E-state index < -0.39 is 0 Å². The molecule has 13 heavy (non-hydrogen) atoms. The second kappa shape index (κ2) is 3.33. The number of aromatic nitrogens is 1. The molecule has 1 fully saturated rings. The number of nitrogens with zero attached hydrogens (tertiary/aromatic N) is 2. The zero-order valence-electron chi connectivity index (χ0n) is 7.88. The van der Waals surface area contributed by atoms with Gasteiger partial charge in [-0.1, -0.05) is 0 Å². The first-order chi connectivity index (χ1) is 6.12. The summed E-state index contributed by atoms with van der Waals surface area (Å²) < 4.78 is 1.01. The number of hydrogen-bond donors (Lipinski definition) is 0. The van der Waals surface area contributed by atoms with Gasteiger partial charge in [-0.2, -0.15) is 0 Å². The molecule has 0 saturated heterocycles. The summed E-state index contributed by atoms with van der Waals surface area (Å²) in [7, 11) is 4.25. The molecular weight excluding hydrogens is 248 g/mol. The van der Waals surface area contributed by atoms with Crippen molar-refractivity contribution >= 4 is 27.3 Å². The summed E-state index contributed by atoms with van der Waals surface area (Å²) in [6.45, 7) is 1.13. The highest BCUT2D eigenvalue weighted by atomic mass is 79.9. The molecule has 1 aromatic heterocycles. The normalized spacial score (nSPS) is 19.4. The van der Waals surface area contributed by atoms with Gasteiger partial charge in [-0.3, -0.25) is 0 Å². The summed E-state index contributed by atoms with van der Waals surface area (Å²) >= 11 is 5.10. The molecule has 1 aliphatic carbocycles. The van der Waals surface area contributed by atoms with E-state index >= 15 is 0 Å². The summed E-state index contributed by atoms with van der Waals surface area (Å²) in [6, 6.07) is 0. The number of rotatable bonds is 3. The summed E-state index contributed by atoms with van der Waals surface area (Å²) in [5.41, 5.74) is 1.66. The lowest BCUT2D eigenvalue weighted by Gasteiger charge is -2.17. The van der Waals surface area contributed by atoms with Gasteiger partial charge in [0.15, 0.2) is 3.92 Å². The van der Waals surface area contributed by atoms with Crippen LogP contribution >= 0.6 is 27.3 Å². The van der Waals surface area contributed by atoms with E-state index in [1.165, 1.54) is 18.5 Å². The van der Waals surface area contributed by atoms with Crippen molar-refractivity contribution in [1.82, 2.24) is 9.88 Å². The molecule has 0 amide bonds. The van der Waals surface area contributed by atoms with Gasteiger partial charge >= 0.3 is 0 Å². The van der Waals surface area contributed by atoms with Crippen LogP contribution in [-0.2, 0) is 5.41 Å². The molecule has 1 heterocycles. The lowest BCUT2D eigenvalue weighted by atomic mass is 10.0. The first kappa shape index (κ1) is 9.62. The predicted octanol–water partition coefficient (Wildman–Crippen LogP) is 2.50. The van der Waals surface area contributed by atoms with E-state index in [1.54, 1.807) is 11.3 Å². The highest BCUT2D eigenvalue weighted by molar-refractivity contribution is 9.11. The van der Waals surface area contributed by atoms with E-state index in [2.05, 4.69) is 45.3 Å². The fourth-order valence-corrected chi connectivity index (χ4v) is 2.88. The molecule has 0 atom stereocenters. The second-order valence-electron chi connectivity index (χ2n) is 4.00. The topological polar surface area (TPSA) is 16.1 Å². The van der Waals surface area contributed by atoms with Crippen LogP contribution in [0.15, 0.2) is 9.30 Å². The van der Waals surface area contributed by atoms with Crippen LogP contribution in [0.25, 0.3) is 0 Å². The maximum Gasteiger partial charge on any atom is 0.159 e. The van der Waals surface area contributed by atoms with Crippen LogP contribution in [0.5, 0.6) is 0 Å². The van der Waals surface area contributed by atoms with Crippen molar-refractivity contribution in [2.24, 2.45) is 0 Å². The van der Waals surface area contributed by atoms with Crippen LogP contribution < -0.4 is 0 Å². The standard InChI is InChI=1S/C9H13BrN2S/c1-12(2)6-9(3-4-9)7-5-13-8(10)11-7/h5H,3-4,6H2,1-2H3. The third kappa shape index (κ3) is 1.95. The fourth-order valence-electron chi connectivity index (χ4n) is 1.75. The van der Waals surface area contributed by atoms with Gasteiger partial charge in [-0.05, 0) is 42.9 Å². The molecule has 1 aromatic rings. The minimum absolute atomic E-state index is 0.381. The molecule has 4 heteroatoms. The number of halogens is 1. The van der Waals surface area contributed by atoms with Gasteiger partial charge in [-0.25, -0.2) is 4.98 Å². The zero-order valence-corrected chi connectivity index (χ0v) is 10.3. The van der Waals surface area contributed by atoms with Crippen molar-refractivity contribution in [3.63, 3.8) is 0 Å². The Bertz CT molecular complexity index is 304. The Hall–Kier alpha value is 0.0700. The zero-order chi connectivity index (χ0) is 9.47. The predicted molar refractivity (Wildman–Crippen MR) is 59.3 cm³/mol. The van der Waals surface area contributed by atoms with Gasteiger partial charge in [0.25, 0.3) is 0 Å². The van der Waals surface area contributed by atoms with Crippen molar-refractivity contribution in [3.8, 4) is 0 Å². The van der Waals surface area contributed by atoms with Crippen molar-refractivity contribution in [2.75, 3.05) is 20.6 Å². The van der Waals surface area contributed by atoms with Crippen LogP contribution in [0.2, 0.25) is 0 Å². The van der Waals surface area contributed by atoms with Gasteiger partial charge in [0.1, 0.15) is 0 Å². The average Bonchev–Trinajstić information content (AvgIpc) is 2.65. The Labute approximate surface area is 91.1 Å². The van der Waals surface area contributed by atoms with Crippen LogP contribution in [0.1, 0.15) is 18.5 Å². The number of likely N-dealkylation sites (N-methyl/N-ethyl adjacent to an activating group) is 1. The number of hydrogen-bond acceptors (Lipinski definition) is 3. The Kier molecular flexibility index (Phi) is 2.47. The Morgan fingerprint density at radius 1 is 1.62 bits per heavy atom. The minimum Gasteiger partial charge on any atom is -0.308 e. The van der Waals surface area contributed by atoms with Crippen molar-refractivity contribution in [2.45, 2.75) is 18.3 Å².